The molecule has 0 aromatic rings. The van der Waals surface area contributed by atoms with E-state index >= 15 is 0 Å². The Kier molecular flexibility index (Phi) is 2.35. The summed E-state index contributed by atoms with van der Waals surface area (Å²) in [6.07, 6.45) is 5.26. The van der Waals surface area contributed by atoms with Gasteiger partial charge in [-0.2, -0.15) is 0 Å². The lowest BCUT2D eigenvalue weighted by molar-refractivity contribution is 0.686. The molecule has 0 amide bonds. The smallest absolute Gasteiger partial charge is 0.0363 e. The van der Waals surface area contributed by atoms with Gasteiger partial charge in [0, 0.05) is 19.0 Å². The molecule has 1 unspecified atom stereocenters. The van der Waals surface area contributed by atoms with Gasteiger partial charge in [0.05, 0.1) is 0 Å². The average Bonchev–Trinajstić information content (AvgIpc) is 2.34. The summed E-state index contributed by atoms with van der Waals surface area (Å²) < 4.78 is 0. The van der Waals surface area contributed by atoms with Crippen LogP contribution in [0.15, 0.2) is 12.2 Å². The summed E-state index contributed by atoms with van der Waals surface area (Å²) in [6.45, 7) is 2.88. The maximum Gasteiger partial charge on any atom is 0.0363 e. The van der Waals surface area contributed by atoms with Crippen LogP contribution in [0, 0.1) is 11.8 Å². The largest absolute Gasteiger partial charge is 0.306 e. The van der Waals surface area contributed by atoms with Gasteiger partial charge in [0.15, 0.2) is 0 Å². The Morgan fingerprint density at radius 3 is 3.22 bits per heavy atom. The molecule has 0 saturated carbocycles. The Bertz CT molecular complexity index is 159. The summed E-state index contributed by atoms with van der Waals surface area (Å²) in [4.78, 5) is 0. The van der Waals surface area contributed by atoms with E-state index in [4.69, 9.17) is 0 Å². The molecule has 0 radical (unpaired) electrons. The molecular weight excluding hydrogens is 110 g/mol. The Morgan fingerprint density at radius 1 is 1.78 bits per heavy atom. The first-order valence-corrected chi connectivity index (χ1v) is 3.23. The number of nitrogens with one attached hydrogen (secondary N) is 1. The molecule has 1 nitrogen and oxygen atoms in total. The molecule has 0 aromatic heterocycles. The topological polar surface area (TPSA) is 12.0 Å². The molecule has 0 aliphatic carbocycles. The summed E-state index contributed by atoms with van der Waals surface area (Å²) in [5, 5.41) is 3.28. The van der Waals surface area contributed by atoms with Crippen LogP contribution in [-0.2, 0) is 0 Å². The van der Waals surface area contributed by atoms with Crippen LogP contribution in [-0.4, -0.2) is 12.6 Å². The van der Waals surface area contributed by atoms with E-state index in [1.54, 1.807) is 0 Å². The van der Waals surface area contributed by atoms with Crippen LogP contribution in [0.1, 0.15) is 13.3 Å². The first kappa shape index (κ1) is 6.38. The van der Waals surface area contributed by atoms with Crippen LogP contribution >= 0.6 is 0 Å². The highest BCUT2D eigenvalue weighted by molar-refractivity contribution is 5.08. The maximum atomic E-state index is 3.28. The summed E-state index contributed by atoms with van der Waals surface area (Å²) in [6, 6.07) is 0.512. The molecule has 0 spiro atoms. The Morgan fingerprint density at radius 2 is 2.67 bits per heavy atom. The van der Waals surface area contributed by atoms with E-state index in [1.165, 1.54) is 0 Å². The highest BCUT2D eigenvalue weighted by Gasteiger charge is 2.03. The monoisotopic (exact) mass is 121 g/mol. The molecule has 1 aliphatic rings. The molecule has 0 bridgehead atoms. The second-order valence-electron chi connectivity index (χ2n) is 2.07. The standard InChI is InChI=1S/C8H11N/c1-2-3-5-8-6-4-7-9-8/h4,6,8-9H,5,7H2,1H3. The van der Waals surface area contributed by atoms with Crippen LogP contribution in [0.4, 0.5) is 0 Å². The van der Waals surface area contributed by atoms with Crippen LogP contribution < -0.4 is 5.32 Å². The zero-order valence-electron chi connectivity index (χ0n) is 5.65. The van der Waals surface area contributed by atoms with Crippen LogP contribution in [0.3, 0.4) is 0 Å². The molecule has 48 valence electrons. The molecule has 1 aliphatic heterocycles. The van der Waals surface area contributed by atoms with Gasteiger partial charge in [-0.05, 0) is 6.92 Å². The third-order valence-corrected chi connectivity index (χ3v) is 1.37. The van der Waals surface area contributed by atoms with Crippen molar-refractivity contribution >= 4 is 0 Å². The fourth-order valence-electron chi connectivity index (χ4n) is 0.872. The van der Waals surface area contributed by atoms with Gasteiger partial charge in [-0.3, -0.25) is 0 Å². The van der Waals surface area contributed by atoms with E-state index in [2.05, 4.69) is 29.3 Å². The molecule has 1 atom stereocenters. The van der Waals surface area contributed by atoms with Crippen molar-refractivity contribution in [3.63, 3.8) is 0 Å². The Labute approximate surface area is 56.1 Å². The maximum absolute atomic E-state index is 3.28. The molecule has 9 heavy (non-hydrogen) atoms. The fourth-order valence-corrected chi connectivity index (χ4v) is 0.872. The third kappa shape index (κ3) is 1.91. The van der Waals surface area contributed by atoms with Gasteiger partial charge in [0.1, 0.15) is 0 Å². The summed E-state index contributed by atoms with van der Waals surface area (Å²) in [5.74, 6) is 5.90. The van der Waals surface area contributed by atoms with Gasteiger partial charge in [-0.1, -0.05) is 12.2 Å². The first-order chi connectivity index (χ1) is 4.43. The molecule has 1 rings (SSSR count). The highest BCUT2D eigenvalue weighted by Crippen LogP contribution is 1.97. The van der Waals surface area contributed by atoms with Gasteiger partial charge >= 0.3 is 0 Å². The lowest BCUT2D eigenvalue weighted by Gasteiger charge is -2.01. The minimum Gasteiger partial charge on any atom is -0.306 e. The van der Waals surface area contributed by atoms with Crippen molar-refractivity contribution in [1.82, 2.24) is 5.32 Å². The normalized spacial score (nSPS) is 23.4. The molecule has 1 heteroatoms. The first-order valence-electron chi connectivity index (χ1n) is 3.23. The molecule has 0 fully saturated rings. The minimum atomic E-state index is 0.512. The molecule has 1 N–H and O–H groups in total. The van der Waals surface area contributed by atoms with Crippen molar-refractivity contribution in [2.45, 2.75) is 19.4 Å². The third-order valence-electron chi connectivity index (χ3n) is 1.37. The van der Waals surface area contributed by atoms with Crippen molar-refractivity contribution in [1.29, 1.82) is 0 Å². The predicted octanol–water partition coefficient (Wildman–Crippen LogP) is 0.928. The van der Waals surface area contributed by atoms with E-state index in [1.807, 2.05) is 6.92 Å². The van der Waals surface area contributed by atoms with E-state index in [0.29, 0.717) is 6.04 Å². The van der Waals surface area contributed by atoms with Gasteiger partial charge < -0.3 is 5.32 Å². The van der Waals surface area contributed by atoms with Crippen molar-refractivity contribution in [2.75, 3.05) is 6.54 Å². The van der Waals surface area contributed by atoms with E-state index in [0.717, 1.165) is 13.0 Å². The second-order valence-corrected chi connectivity index (χ2v) is 2.07. The van der Waals surface area contributed by atoms with Gasteiger partial charge in [-0.15, -0.1) is 11.8 Å². The van der Waals surface area contributed by atoms with Crippen molar-refractivity contribution in [3.05, 3.63) is 12.2 Å². The van der Waals surface area contributed by atoms with Crippen molar-refractivity contribution < 1.29 is 0 Å². The van der Waals surface area contributed by atoms with E-state index < -0.39 is 0 Å². The minimum absolute atomic E-state index is 0.512. The quantitative estimate of drug-likeness (QED) is 0.402. The molecule has 1 heterocycles. The predicted molar refractivity (Wildman–Crippen MR) is 39.0 cm³/mol. The zero-order chi connectivity index (χ0) is 6.53. The van der Waals surface area contributed by atoms with Crippen LogP contribution in [0.5, 0.6) is 0 Å². The van der Waals surface area contributed by atoms with E-state index in [-0.39, 0.29) is 0 Å². The number of hydrogen-bond donors (Lipinski definition) is 1. The lowest BCUT2D eigenvalue weighted by Crippen LogP contribution is -2.20. The summed E-state index contributed by atoms with van der Waals surface area (Å²) in [7, 11) is 0. The number of hydrogen-bond acceptors (Lipinski definition) is 1. The summed E-state index contributed by atoms with van der Waals surface area (Å²) in [5.41, 5.74) is 0. The average molecular weight is 121 g/mol. The van der Waals surface area contributed by atoms with Crippen molar-refractivity contribution in [3.8, 4) is 11.8 Å². The van der Waals surface area contributed by atoms with Gasteiger partial charge in [0.2, 0.25) is 0 Å². The molecular formula is C8H11N. The van der Waals surface area contributed by atoms with E-state index in [9.17, 15) is 0 Å². The zero-order valence-corrected chi connectivity index (χ0v) is 5.65. The van der Waals surface area contributed by atoms with Crippen LogP contribution in [0.2, 0.25) is 0 Å². The lowest BCUT2D eigenvalue weighted by atomic mass is 10.2. The fraction of sp³-hybridized carbons (Fsp3) is 0.500. The molecule has 0 saturated heterocycles. The van der Waals surface area contributed by atoms with Gasteiger partial charge in [-0.25, -0.2) is 0 Å². The highest BCUT2D eigenvalue weighted by atomic mass is 14.9. The molecule has 0 aromatic carbocycles. The van der Waals surface area contributed by atoms with Crippen LogP contribution in [0.25, 0.3) is 0 Å². The van der Waals surface area contributed by atoms with Gasteiger partial charge in [0.25, 0.3) is 0 Å². The number of rotatable bonds is 1. The van der Waals surface area contributed by atoms with Crippen molar-refractivity contribution in [2.24, 2.45) is 0 Å². The SMILES string of the molecule is CC#CCC1C=CCN1. The second kappa shape index (κ2) is 3.32. The Balaban J connectivity index is 2.25. The summed E-state index contributed by atoms with van der Waals surface area (Å²) >= 11 is 0. The Hall–Kier alpha value is -0.740.